The molecule has 1 aliphatic rings. The van der Waals surface area contributed by atoms with E-state index in [1.807, 2.05) is 0 Å². The summed E-state index contributed by atoms with van der Waals surface area (Å²) < 4.78 is 0. The molecule has 0 heteroatoms. The maximum Gasteiger partial charge on any atom is 0.0714 e. The maximum atomic E-state index is 2.48. The summed E-state index contributed by atoms with van der Waals surface area (Å²) in [6, 6.07) is 26.3. The Hall–Kier alpha value is -3.12. The predicted octanol–water partition coefficient (Wildman–Crippen LogP) is 9.24. The van der Waals surface area contributed by atoms with Crippen LogP contribution in [0.3, 0.4) is 0 Å². The van der Waals surface area contributed by atoms with Crippen molar-refractivity contribution in [2.45, 2.75) is 73.1 Å². The van der Waals surface area contributed by atoms with Crippen molar-refractivity contribution in [3.63, 3.8) is 0 Å². The highest BCUT2D eigenvalue weighted by molar-refractivity contribution is 5.89. The van der Waals surface area contributed by atoms with Crippen molar-refractivity contribution in [1.29, 1.82) is 0 Å². The second-order valence-electron chi connectivity index (χ2n) is 10.8. The van der Waals surface area contributed by atoms with E-state index in [0.717, 1.165) is 6.42 Å². The van der Waals surface area contributed by atoms with E-state index in [9.17, 15) is 0 Å². The van der Waals surface area contributed by atoms with Gasteiger partial charge in [0.2, 0.25) is 0 Å². The molecule has 0 heterocycles. The van der Waals surface area contributed by atoms with Crippen LogP contribution >= 0.6 is 0 Å². The summed E-state index contributed by atoms with van der Waals surface area (Å²) in [5, 5.41) is 0. The number of rotatable bonds is 5. The molecule has 0 aliphatic heterocycles. The summed E-state index contributed by atoms with van der Waals surface area (Å²) in [6.45, 7) is 15.7. The van der Waals surface area contributed by atoms with Crippen LogP contribution in [0, 0.1) is 41.5 Å². The molecule has 35 heavy (non-hydrogen) atoms. The highest BCUT2D eigenvalue weighted by Gasteiger charge is 2.47. The van der Waals surface area contributed by atoms with E-state index >= 15 is 0 Å². The van der Waals surface area contributed by atoms with E-state index in [0.29, 0.717) is 0 Å². The second kappa shape index (κ2) is 8.83. The molecule has 1 aliphatic carbocycles. The minimum atomic E-state index is -0.319. The minimum Gasteiger partial charge on any atom is -0.0654 e. The first-order valence-electron chi connectivity index (χ1n) is 13.2. The summed E-state index contributed by atoms with van der Waals surface area (Å²) in [7, 11) is 0. The Balaban J connectivity index is 1.98. The lowest BCUT2D eigenvalue weighted by atomic mass is 9.66. The van der Waals surface area contributed by atoms with E-state index in [1.165, 1.54) is 85.2 Å². The topological polar surface area (TPSA) is 0 Å². The molecule has 178 valence electrons. The molecule has 0 radical (unpaired) electrons. The van der Waals surface area contributed by atoms with Crippen molar-refractivity contribution in [2.24, 2.45) is 0 Å². The van der Waals surface area contributed by atoms with Gasteiger partial charge in [0.1, 0.15) is 0 Å². The smallest absolute Gasteiger partial charge is 0.0654 e. The molecule has 5 rings (SSSR count). The molecule has 4 aromatic rings. The quantitative estimate of drug-likeness (QED) is 0.246. The third-order valence-corrected chi connectivity index (χ3v) is 8.30. The average molecular weight is 459 g/mol. The van der Waals surface area contributed by atoms with Crippen molar-refractivity contribution >= 4 is 0 Å². The fourth-order valence-electron chi connectivity index (χ4n) is 6.11. The number of hydrogen-bond donors (Lipinski definition) is 0. The van der Waals surface area contributed by atoms with E-state index in [4.69, 9.17) is 0 Å². The van der Waals surface area contributed by atoms with Gasteiger partial charge in [-0.15, -0.1) is 0 Å². The van der Waals surface area contributed by atoms with Gasteiger partial charge in [-0.1, -0.05) is 91.2 Å². The zero-order chi connectivity index (χ0) is 24.9. The van der Waals surface area contributed by atoms with Gasteiger partial charge in [0.15, 0.2) is 0 Å². The Kier molecular flexibility index (Phi) is 5.96. The third kappa shape index (κ3) is 3.66. The summed E-state index contributed by atoms with van der Waals surface area (Å²) in [4.78, 5) is 0. The standard InChI is InChI=1S/C35H38/c1-8-9-10-28-17-23(3)19-33-34(28)31-16-11-22(2)18-32(31)35(33,29-14-12-24(4)26(6)20-29)30-15-13-25(5)27(7)21-30/h11-21H,8-10H2,1-7H3. The highest BCUT2D eigenvalue weighted by Crippen LogP contribution is 2.58. The fraction of sp³-hybridized carbons (Fsp3) is 0.314. The number of hydrogen-bond acceptors (Lipinski definition) is 0. The Labute approximate surface area is 212 Å². The number of fused-ring (bicyclic) bond motifs is 3. The molecule has 0 fully saturated rings. The van der Waals surface area contributed by atoms with Crippen molar-refractivity contribution in [3.05, 3.63) is 128 Å². The first kappa shape index (κ1) is 23.6. The molecular formula is C35H38. The lowest BCUT2D eigenvalue weighted by Gasteiger charge is -2.35. The van der Waals surface area contributed by atoms with E-state index in [1.54, 1.807) is 0 Å². The van der Waals surface area contributed by atoms with Crippen molar-refractivity contribution in [1.82, 2.24) is 0 Å². The van der Waals surface area contributed by atoms with Crippen LogP contribution in [0.25, 0.3) is 11.1 Å². The normalized spacial score (nSPS) is 13.6. The molecule has 0 aromatic heterocycles. The summed E-state index contributed by atoms with van der Waals surface area (Å²) in [6.07, 6.45) is 3.56. The van der Waals surface area contributed by atoms with E-state index in [2.05, 4.69) is 115 Å². The number of benzene rings is 4. The molecule has 0 unspecified atom stereocenters. The first-order valence-corrected chi connectivity index (χ1v) is 13.2. The second-order valence-corrected chi connectivity index (χ2v) is 10.8. The number of unbranched alkanes of at least 4 members (excludes halogenated alkanes) is 1. The minimum absolute atomic E-state index is 0.319. The van der Waals surface area contributed by atoms with Crippen LogP contribution in [0.4, 0.5) is 0 Å². The molecule has 0 saturated heterocycles. The Bertz CT molecular complexity index is 1380. The molecular weight excluding hydrogens is 420 g/mol. The maximum absolute atomic E-state index is 2.48. The highest BCUT2D eigenvalue weighted by atomic mass is 14.5. The van der Waals surface area contributed by atoms with Gasteiger partial charge < -0.3 is 0 Å². The van der Waals surface area contributed by atoms with Gasteiger partial charge >= 0.3 is 0 Å². The molecule has 0 atom stereocenters. The largest absolute Gasteiger partial charge is 0.0714 e. The summed E-state index contributed by atoms with van der Waals surface area (Å²) >= 11 is 0. The fourth-order valence-corrected chi connectivity index (χ4v) is 6.11. The Morgan fingerprint density at radius 1 is 0.571 bits per heavy atom. The van der Waals surface area contributed by atoms with Crippen LogP contribution in [0.1, 0.15) is 81.0 Å². The van der Waals surface area contributed by atoms with E-state index < -0.39 is 0 Å². The van der Waals surface area contributed by atoms with Crippen LogP contribution < -0.4 is 0 Å². The monoisotopic (exact) mass is 458 g/mol. The molecule has 0 N–H and O–H groups in total. The van der Waals surface area contributed by atoms with Gasteiger partial charge in [0, 0.05) is 0 Å². The molecule has 0 bridgehead atoms. The SMILES string of the molecule is CCCCc1cc(C)cc2c1-c1ccc(C)cc1C2(c1ccc(C)c(C)c1)c1ccc(C)c(C)c1. The summed E-state index contributed by atoms with van der Waals surface area (Å²) in [5.74, 6) is 0. The van der Waals surface area contributed by atoms with Crippen LogP contribution in [0.2, 0.25) is 0 Å². The lowest BCUT2D eigenvalue weighted by Crippen LogP contribution is -2.29. The predicted molar refractivity (Wildman–Crippen MR) is 151 cm³/mol. The first-order chi connectivity index (χ1) is 16.8. The van der Waals surface area contributed by atoms with Gasteiger partial charge in [0.05, 0.1) is 5.41 Å². The van der Waals surface area contributed by atoms with Gasteiger partial charge in [-0.05, 0) is 116 Å². The molecule has 4 aromatic carbocycles. The van der Waals surface area contributed by atoms with Crippen LogP contribution in [0.15, 0.2) is 66.7 Å². The zero-order valence-corrected chi connectivity index (χ0v) is 22.5. The van der Waals surface area contributed by atoms with Crippen molar-refractivity contribution < 1.29 is 0 Å². The van der Waals surface area contributed by atoms with E-state index in [-0.39, 0.29) is 5.41 Å². The molecule has 0 spiro atoms. The lowest BCUT2D eigenvalue weighted by molar-refractivity contribution is 0.758. The van der Waals surface area contributed by atoms with Gasteiger partial charge in [-0.25, -0.2) is 0 Å². The van der Waals surface area contributed by atoms with Gasteiger partial charge in [-0.3, -0.25) is 0 Å². The third-order valence-electron chi connectivity index (χ3n) is 8.30. The van der Waals surface area contributed by atoms with Crippen LogP contribution in [-0.4, -0.2) is 0 Å². The molecule has 0 amide bonds. The van der Waals surface area contributed by atoms with Gasteiger partial charge in [0.25, 0.3) is 0 Å². The Morgan fingerprint density at radius 3 is 1.74 bits per heavy atom. The van der Waals surface area contributed by atoms with Gasteiger partial charge in [-0.2, -0.15) is 0 Å². The van der Waals surface area contributed by atoms with Crippen LogP contribution in [0.5, 0.6) is 0 Å². The zero-order valence-electron chi connectivity index (χ0n) is 22.5. The van der Waals surface area contributed by atoms with Crippen molar-refractivity contribution in [2.75, 3.05) is 0 Å². The average Bonchev–Trinajstić information content (AvgIpc) is 3.11. The molecule has 0 saturated carbocycles. The van der Waals surface area contributed by atoms with Crippen LogP contribution in [-0.2, 0) is 11.8 Å². The number of aryl methyl sites for hydroxylation is 7. The summed E-state index contributed by atoms with van der Waals surface area (Å²) in [5.41, 5.74) is 17.8. The Morgan fingerprint density at radius 2 is 1.17 bits per heavy atom. The molecule has 0 nitrogen and oxygen atoms in total. The van der Waals surface area contributed by atoms with Crippen molar-refractivity contribution in [3.8, 4) is 11.1 Å².